The van der Waals surface area contributed by atoms with E-state index in [4.69, 9.17) is 9.47 Å². The fourth-order valence-electron chi connectivity index (χ4n) is 2.59. The van der Waals surface area contributed by atoms with E-state index in [1.54, 1.807) is 13.2 Å². The van der Waals surface area contributed by atoms with Crippen molar-refractivity contribution in [2.45, 2.75) is 26.8 Å². The maximum absolute atomic E-state index is 12.4. The number of methoxy groups -OCH3 is 1. The number of hydrogen-bond donors (Lipinski definition) is 0. The van der Waals surface area contributed by atoms with Crippen molar-refractivity contribution in [1.82, 2.24) is 4.57 Å². The van der Waals surface area contributed by atoms with E-state index in [0.717, 1.165) is 29.2 Å². The normalized spacial score (nSPS) is 11.2. The van der Waals surface area contributed by atoms with Crippen molar-refractivity contribution < 1.29 is 19.1 Å². The summed E-state index contributed by atoms with van der Waals surface area (Å²) in [5.74, 6) is -0.709. The number of thiophene rings is 1. The molecular formula is C19H23NO4S. The zero-order valence-electron chi connectivity index (χ0n) is 14.8. The molecule has 2 heterocycles. The van der Waals surface area contributed by atoms with E-state index in [0.29, 0.717) is 12.2 Å². The number of aryl methyl sites for hydroxylation is 1. The van der Waals surface area contributed by atoms with Crippen molar-refractivity contribution in [3.8, 4) is 0 Å². The number of carbonyl (C=O) groups is 2. The Morgan fingerprint density at radius 2 is 2.12 bits per heavy atom. The lowest BCUT2D eigenvalue weighted by Crippen LogP contribution is -2.14. The molecule has 0 aliphatic rings. The minimum atomic E-state index is -0.518. The Balaban J connectivity index is 1.92. The number of Topliss-reactive ketones (excluding diaryl/α,β-unsaturated/α-hetero) is 1. The molecule has 134 valence electrons. The van der Waals surface area contributed by atoms with Gasteiger partial charge in [-0.15, -0.1) is 11.3 Å². The van der Waals surface area contributed by atoms with E-state index in [1.807, 2.05) is 37.4 Å². The second-order valence-electron chi connectivity index (χ2n) is 5.66. The Labute approximate surface area is 151 Å². The van der Waals surface area contributed by atoms with Crippen LogP contribution in [0.3, 0.4) is 0 Å². The van der Waals surface area contributed by atoms with E-state index in [1.165, 1.54) is 17.4 Å². The van der Waals surface area contributed by atoms with E-state index in [-0.39, 0.29) is 12.4 Å². The van der Waals surface area contributed by atoms with Gasteiger partial charge in [0.25, 0.3) is 0 Å². The molecule has 0 saturated carbocycles. The van der Waals surface area contributed by atoms with Crippen LogP contribution in [0.1, 0.15) is 33.0 Å². The minimum absolute atomic E-state index is 0.191. The molecule has 0 amide bonds. The van der Waals surface area contributed by atoms with E-state index < -0.39 is 5.97 Å². The van der Waals surface area contributed by atoms with Gasteiger partial charge in [-0.25, -0.2) is 4.79 Å². The maximum Gasteiger partial charge on any atom is 0.331 e. The molecular weight excluding hydrogens is 338 g/mol. The second kappa shape index (κ2) is 9.34. The molecule has 0 saturated heterocycles. The van der Waals surface area contributed by atoms with Crippen molar-refractivity contribution in [3.63, 3.8) is 0 Å². The summed E-state index contributed by atoms with van der Waals surface area (Å²) in [4.78, 5) is 25.1. The standard InChI is InChI=1S/C19H23NO4S/c1-14-12-17(15(2)20(14)9-5-10-23-3)18(21)13-24-19(22)8-7-16-6-4-11-25-16/h4,6-8,11-12H,5,9-10,13H2,1-3H3/b8-7+. The molecule has 0 N–H and O–H groups in total. The van der Waals surface area contributed by atoms with Crippen molar-refractivity contribution in [2.75, 3.05) is 20.3 Å². The number of rotatable bonds is 9. The Hall–Kier alpha value is -2.18. The van der Waals surface area contributed by atoms with Gasteiger partial charge < -0.3 is 14.0 Å². The summed E-state index contributed by atoms with van der Waals surface area (Å²) >= 11 is 1.53. The van der Waals surface area contributed by atoms with Gasteiger partial charge in [-0.3, -0.25) is 4.79 Å². The number of hydrogen-bond acceptors (Lipinski definition) is 5. The molecule has 0 atom stereocenters. The van der Waals surface area contributed by atoms with Crippen molar-refractivity contribution in [1.29, 1.82) is 0 Å². The molecule has 2 aromatic heterocycles. The highest BCUT2D eigenvalue weighted by molar-refractivity contribution is 7.10. The lowest BCUT2D eigenvalue weighted by molar-refractivity contribution is -0.136. The number of ether oxygens (including phenoxy) is 2. The molecule has 0 aliphatic heterocycles. The first kappa shape index (κ1) is 19.1. The average Bonchev–Trinajstić information content (AvgIpc) is 3.21. The van der Waals surface area contributed by atoms with Crippen molar-refractivity contribution in [2.24, 2.45) is 0 Å². The molecule has 5 nitrogen and oxygen atoms in total. The predicted molar refractivity (Wildman–Crippen MR) is 99.0 cm³/mol. The van der Waals surface area contributed by atoms with Gasteiger partial charge in [-0.1, -0.05) is 6.07 Å². The van der Waals surface area contributed by atoms with Crippen molar-refractivity contribution >= 4 is 29.2 Å². The van der Waals surface area contributed by atoms with E-state index >= 15 is 0 Å². The summed E-state index contributed by atoms with van der Waals surface area (Å²) in [5, 5.41) is 1.93. The predicted octanol–water partition coefficient (Wildman–Crippen LogP) is 3.64. The van der Waals surface area contributed by atoms with Gasteiger partial charge in [0.1, 0.15) is 0 Å². The van der Waals surface area contributed by atoms with Crippen molar-refractivity contribution in [3.05, 3.63) is 51.5 Å². The molecule has 2 rings (SSSR count). The van der Waals surface area contributed by atoms with Crippen LogP contribution in [0.4, 0.5) is 0 Å². The third kappa shape index (κ3) is 5.41. The van der Waals surface area contributed by atoms with Gasteiger partial charge in [-0.2, -0.15) is 0 Å². The molecule has 0 unspecified atom stereocenters. The smallest absolute Gasteiger partial charge is 0.331 e. The minimum Gasteiger partial charge on any atom is -0.454 e. The number of nitrogens with zero attached hydrogens (tertiary/aromatic N) is 1. The summed E-state index contributed by atoms with van der Waals surface area (Å²) in [7, 11) is 1.67. The van der Waals surface area contributed by atoms with Gasteiger partial charge in [0.05, 0.1) is 0 Å². The Morgan fingerprint density at radius 3 is 2.80 bits per heavy atom. The van der Waals surface area contributed by atoms with Gasteiger partial charge >= 0.3 is 5.97 Å². The van der Waals surface area contributed by atoms with Crippen LogP contribution in [0, 0.1) is 13.8 Å². The molecule has 0 aromatic carbocycles. The highest BCUT2D eigenvalue weighted by atomic mass is 32.1. The summed E-state index contributed by atoms with van der Waals surface area (Å²) < 4.78 is 12.2. The monoisotopic (exact) mass is 361 g/mol. The lowest BCUT2D eigenvalue weighted by atomic mass is 10.1. The van der Waals surface area contributed by atoms with Crippen LogP contribution in [-0.4, -0.2) is 36.6 Å². The number of ketones is 1. The summed E-state index contributed by atoms with van der Waals surface area (Å²) in [6.07, 6.45) is 3.90. The van der Waals surface area contributed by atoms with Crippen LogP contribution in [-0.2, 0) is 20.8 Å². The number of aromatic nitrogens is 1. The molecule has 0 radical (unpaired) electrons. The highest BCUT2D eigenvalue weighted by Gasteiger charge is 2.16. The third-order valence-electron chi connectivity index (χ3n) is 3.88. The molecule has 0 bridgehead atoms. The van der Waals surface area contributed by atoms with Gasteiger partial charge in [0.15, 0.2) is 6.61 Å². The molecule has 2 aromatic rings. The highest BCUT2D eigenvalue weighted by Crippen LogP contribution is 2.17. The molecule has 0 fully saturated rings. The Morgan fingerprint density at radius 1 is 1.32 bits per heavy atom. The van der Waals surface area contributed by atoms with Gasteiger partial charge in [0, 0.05) is 48.2 Å². The van der Waals surface area contributed by atoms with E-state index in [9.17, 15) is 9.59 Å². The first-order chi connectivity index (χ1) is 12.0. The van der Waals surface area contributed by atoms with Gasteiger partial charge in [0.2, 0.25) is 5.78 Å². The van der Waals surface area contributed by atoms with Gasteiger partial charge in [-0.05, 0) is 43.9 Å². The van der Waals surface area contributed by atoms with Crippen LogP contribution in [0.5, 0.6) is 0 Å². The molecule has 25 heavy (non-hydrogen) atoms. The summed E-state index contributed by atoms with van der Waals surface area (Å²) in [5.41, 5.74) is 2.51. The molecule has 0 aliphatic carbocycles. The van der Waals surface area contributed by atoms with Crippen LogP contribution in [0.25, 0.3) is 6.08 Å². The third-order valence-corrected chi connectivity index (χ3v) is 4.71. The fraction of sp³-hybridized carbons (Fsp3) is 0.368. The molecule has 0 spiro atoms. The maximum atomic E-state index is 12.4. The summed E-state index contributed by atoms with van der Waals surface area (Å²) in [6, 6.07) is 5.65. The lowest BCUT2D eigenvalue weighted by Gasteiger charge is -2.09. The average molecular weight is 361 g/mol. The Bertz CT molecular complexity index is 744. The zero-order valence-corrected chi connectivity index (χ0v) is 15.6. The second-order valence-corrected chi connectivity index (χ2v) is 6.64. The quantitative estimate of drug-likeness (QED) is 0.296. The summed E-state index contributed by atoms with van der Waals surface area (Å²) in [6.45, 7) is 5.09. The van der Waals surface area contributed by atoms with E-state index in [2.05, 4.69) is 4.57 Å². The van der Waals surface area contributed by atoms with Crippen LogP contribution in [0.15, 0.2) is 29.7 Å². The van der Waals surface area contributed by atoms with Crippen LogP contribution in [0.2, 0.25) is 0 Å². The first-order valence-corrected chi connectivity index (χ1v) is 8.98. The number of carbonyl (C=O) groups excluding carboxylic acids is 2. The zero-order chi connectivity index (χ0) is 18.2. The molecule has 6 heteroatoms. The SMILES string of the molecule is COCCCn1c(C)cc(C(=O)COC(=O)/C=C/c2cccs2)c1C. The van der Waals surface area contributed by atoms with Crippen LogP contribution < -0.4 is 0 Å². The Kier molecular flexibility index (Phi) is 7.16. The topological polar surface area (TPSA) is 57.5 Å². The first-order valence-electron chi connectivity index (χ1n) is 8.10. The fourth-order valence-corrected chi connectivity index (χ4v) is 3.21. The van der Waals surface area contributed by atoms with Crippen LogP contribution >= 0.6 is 11.3 Å². The largest absolute Gasteiger partial charge is 0.454 e. The number of esters is 1.